The van der Waals surface area contributed by atoms with Crippen LogP contribution in [-0.2, 0) is 4.79 Å². The molecule has 0 aromatic heterocycles. The molecule has 1 saturated carbocycles. The number of rotatable bonds is 3. The van der Waals surface area contributed by atoms with Gasteiger partial charge in [0.05, 0.1) is 24.2 Å². The molecule has 5 heteroatoms. The normalized spacial score (nSPS) is 26.2. The van der Waals surface area contributed by atoms with Gasteiger partial charge in [0.25, 0.3) is 0 Å². The zero-order valence-corrected chi connectivity index (χ0v) is 15.6. The van der Waals surface area contributed by atoms with Crippen molar-refractivity contribution in [1.82, 2.24) is 0 Å². The number of nitrogens with zero attached hydrogens (tertiary/aromatic N) is 3. The molecular formula is C24H18FN3O. The third-order valence-corrected chi connectivity index (χ3v) is 6.42. The fourth-order valence-corrected chi connectivity index (χ4v) is 4.91. The Labute approximate surface area is 168 Å². The maximum Gasteiger partial charge on any atom is 0.176 e. The quantitative estimate of drug-likeness (QED) is 0.796. The van der Waals surface area contributed by atoms with Crippen molar-refractivity contribution in [3.63, 3.8) is 0 Å². The molecule has 1 saturated heterocycles. The fraction of sp³-hybridized carbons (Fsp3) is 0.292. The standard InChI is InChI=1S/C24H18FN3O/c25-18-10-7-16(8-11-18)21-22(23(29)17-5-6-17)28-19-4-2-1-3-15(19)9-12-20(28)24(21,13-26)14-27/h1-4,7-12,17,20-22H,5-6H2/t20-,21-,22-/m0/s1. The van der Waals surface area contributed by atoms with Crippen LogP contribution in [0.3, 0.4) is 0 Å². The first-order valence-electron chi connectivity index (χ1n) is 9.78. The number of carbonyl (C=O) groups is 1. The van der Waals surface area contributed by atoms with Gasteiger partial charge in [-0.15, -0.1) is 0 Å². The molecule has 0 spiro atoms. The Bertz CT molecular complexity index is 1090. The molecule has 2 aromatic rings. The summed E-state index contributed by atoms with van der Waals surface area (Å²) in [5.74, 6) is -1.01. The van der Waals surface area contributed by atoms with Crippen LogP contribution in [0.25, 0.3) is 6.08 Å². The molecular weight excluding hydrogens is 365 g/mol. The maximum absolute atomic E-state index is 13.6. The van der Waals surface area contributed by atoms with Crippen LogP contribution < -0.4 is 4.90 Å². The van der Waals surface area contributed by atoms with Crippen LogP contribution in [0.15, 0.2) is 54.6 Å². The van der Waals surface area contributed by atoms with E-state index < -0.39 is 23.4 Å². The van der Waals surface area contributed by atoms with Gasteiger partial charge in [-0.2, -0.15) is 10.5 Å². The Hall–Kier alpha value is -3.44. The van der Waals surface area contributed by atoms with E-state index in [-0.39, 0.29) is 17.5 Å². The molecule has 29 heavy (non-hydrogen) atoms. The number of ketones is 1. The second-order valence-electron chi connectivity index (χ2n) is 8.01. The molecule has 142 valence electrons. The van der Waals surface area contributed by atoms with Gasteiger partial charge in [-0.1, -0.05) is 42.5 Å². The predicted octanol–water partition coefficient (Wildman–Crippen LogP) is 4.21. The molecule has 0 N–H and O–H groups in total. The maximum atomic E-state index is 13.6. The van der Waals surface area contributed by atoms with Gasteiger partial charge in [0.2, 0.25) is 0 Å². The summed E-state index contributed by atoms with van der Waals surface area (Å²) in [6.07, 6.45) is 5.47. The van der Waals surface area contributed by atoms with Crippen molar-refractivity contribution in [1.29, 1.82) is 10.5 Å². The molecule has 3 aliphatic rings. The lowest BCUT2D eigenvalue weighted by molar-refractivity contribution is -0.121. The molecule has 1 aliphatic carbocycles. The van der Waals surface area contributed by atoms with Crippen molar-refractivity contribution in [3.8, 4) is 12.1 Å². The molecule has 5 rings (SSSR count). The average molecular weight is 383 g/mol. The summed E-state index contributed by atoms with van der Waals surface area (Å²) < 4.78 is 13.6. The first-order valence-corrected chi connectivity index (χ1v) is 9.78. The molecule has 2 fully saturated rings. The molecule has 4 nitrogen and oxygen atoms in total. The van der Waals surface area contributed by atoms with Crippen LogP contribution in [0, 0.1) is 39.8 Å². The number of para-hydroxylation sites is 1. The lowest BCUT2D eigenvalue weighted by Gasteiger charge is -2.35. The van der Waals surface area contributed by atoms with Crippen LogP contribution >= 0.6 is 0 Å². The molecule has 2 aromatic carbocycles. The molecule has 2 aliphatic heterocycles. The third kappa shape index (κ3) is 2.44. The summed E-state index contributed by atoms with van der Waals surface area (Å²) in [7, 11) is 0. The Morgan fingerprint density at radius 2 is 1.76 bits per heavy atom. The van der Waals surface area contributed by atoms with E-state index in [2.05, 4.69) is 12.1 Å². The fourth-order valence-electron chi connectivity index (χ4n) is 4.91. The number of carbonyl (C=O) groups excluding carboxylic acids is 1. The van der Waals surface area contributed by atoms with E-state index >= 15 is 0 Å². The van der Waals surface area contributed by atoms with Crippen LogP contribution in [0.1, 0.15) is 29.9 Å². The minimum absolute atomic E-state index is 0.0325. The van der Waals surface area contributed by atoms with Crippen molar-refractivity contribution in [2.75, 3.05) is 4.90 Å². The van der Waals surface area contributed by atoms with Crippen LogP contribution in [0.2, 0.25) is 0 Å². The van der Waals surface area contributed by atoms with Crippen molar-refractivity contribution < 1.29 is 9.18 Å². The highest BCUT2D eigenvalue weighted by atomic mass is 19.1. The highest BCUT2D eigenvalue weighted by molar-refractivity contribution is 5.95. The summed E-state index contributed by atoms with van der Waals surface area (Å²) in [4.78, 5) is 15.5. The SMILES string of the molecule is N#CC1(C#N)[C@@H]2C=Cc3ccccc3N2[C@H](C(=O)C2CC2)[C@@H]1c1ccc(F)cc1. The zero-order valence-electron chi connectivity index (χ0n) is 15.6. The minimum atomic E-state index is -1.45. The first-order chi connectivity index (χ1) is 14.1. The van der Waals surface area contributed by atoms with E-state index in [9.17, 15) is 19.7 Å². The summed E-state index contributed by atoms with van der Waals surface area (Å²) in [6.45, 7) is 0. The predicted molar refractivity (Wildman–Crippen MR) is 106 cm³/mol. The number of hydrogen-bond donors (Lipinski definition) is 0. The average Bonchev–Trinajstić information content (AvgIpc) is 3.56. The summed E-state index contributed by atoms with van der Waals surface area (Å²) in [5, 5.41) is 20.5. The molecule has 0 radical (unpaired) electrons. The molecule has 0 unspecified atom stereocenters. The van der Waals surface area contributed by atoms with E-state index in [4.69, 9.17) is 0 Å². The molecule has 2 heterocycles. The molecule has 3 atom stereocenters. The van der Waals surface area contributed by atoms with Gasteiger partial charge in [0.1, 0.15) is 5.82 Å². The smallest absolute Gasteiger partial charge is 0.176 e. The summed E-state index contributed by atoms with van der Waals surface area (Å²) >= 11 is 0. The van der Waals surface area contributed by atoms with Crippen molar-refractivity contribution >= 4 is 17.5 Å². The van der Waals surface area contributed by atoms with Gasteiger partial charge in [-0.3, -0.25) is 4.79 Å². The van der Waals surface area contributed by atoms with Gasteiger partial charge in [-0.05, 0) is 42.2 Å². The van der Waals surface area contributed by atoms with Crippen LogP contribution in [0.4, 0.5) is 10.1 Å². The first kappa shape index (κ1) is 17.6. The number of halogens is 1. The van der Waals surface area contributed by atoms with Crippen LogP contribution in [0.5, 0.6) is 0 Å². The Morgan fingerprint density at radius 1 is 1.07 bits per heavy atom. The van der Waals surface area contributed by atoms with Crippen molar-refractivity contribution in [3.05, 3.63) is 71.6 Å². The van der Waals surface area contributed by atoms with E-state index in [0.717, 1.165) is 24.1 Å². The largest absolute Gasteiger partial charge is 0.351 e. The van der Waals surface area contributed by atoms with E-state index in [0.29, 0.717) is 5.56 Å². The van der Waals surface area contributed by atoms with Gasteiger partial charge >= 0.3 is 0 Å². The lowest BCUT2D eigenvalue weighted by Crippen LogP contribution is -2.44. The monoisotopic (exact) mass is 383 g/mol. The Balaban J connectivity index is 1.76. The Morgan fingerprint density at radius 3 is 2.41 bits per heavy atom. The Kier molecular flexibility index (Phi) is 3.83. The third-order valence-electron chi connectivity index (χ3n) is 6.42. The summed E-state index contributed by atoms with van der Waals surface area (Å²) in [6, 6.07) is 16.9. The highest BCUT2D eigenvalue weighted by Gasteiger charge is 2.64. The number of fused-ring (bicyclic) bond motifs is 3. The summed E-state index contributed by atoms with van der Waals surface area (Å²) in [5.41, 5.74) is 1.02. The van der Waals surface area contributed by atoms with E-state index in [1.807, 2.05) is 41.3 Å². The second-order valence-corrected chi connectivity index (χ2v) is 8.01. The number of nitriles is 2. The van der Waals surface area contributed by atoms with Gasteiger partial charge in [-0.25, -0.2) is 4.39 Å². The number of anilines is 1. The zero-order chi connectivity index (χ0) is 20.2. The number of hydrogen-bond acceptors (Lipinski definition) is 4. The molecule has 0 amide bonds. The minimum Gasteiger partial charge on any atom is -0.351 e. The lowest BCUT2D eigenvalue weighted by atomic mass is 9.69. The van der Waals surface area contributed by atoms with Gasteiger partial charge in [0, 0.05) is 17.5 Å². The second kappa shape index (κ2) is 6.29. The molecule has 0 bridgehead atoms. The van der Waals surface area contributed by atoms with E-state index in [1.54, 1.807) is 12.1 Å². The van der Waals surface area contributed by atoms with Crippen LogP contribution in [-0.4, -0.2) is 17.9 Å². The van der Waals surface area contributed by atoms with Crippen molar-refractivity contribution in [2.45, 2.75) is 30.8 Å². The number of Topliss-reactive ketones (excluding diaryl/α,β-unsaturated/α-hetero) is 1. The topological polar surface area (TPSA) is 67.9 Å². The van der Waals surface area contributed by atoms with Gasteiger partial charge in [0.15, 0.2) is 11.2 Å². The number of benzene rings is 2. The van der Waals surface area contributed by atoms with Crippen molar-refractivity contribution in [2.24, 2.45) is 11.3 Å². The van der Waals surface area contributed by atoms with E-state index in [1.165, 1.54) is 12.1 Å². The van der Waals surface area contributed by atoms with Gasteiger partial charge < -0.3 is 4.90 Å². The highest BCUT2D eigenvalue weighted by Crippen LogP contribution is 2.56.